The van der Waals surface area contributed by atoms with Gasteiger partial charge in [-0.3, -0.25) is 5.41 Å². The van der Waals surface area contributed by atoms with E-state index in [1.807, 2.05) is 0 Å². The van der Waals surface area contributed by atoms with Crippen LogP contribution < -0.4 is 5.73 Å². The average molecular weight is 236 g/mol. The minimum absolute atomic E-state index is 0.0969. The van der Waals surface area contributed by atoms with Crippen molar-refractivity contribution in [2.24, 2.45) is 12.8 Å². The van der Waals surface area contributed by atoms with Gasteiger partial charge in [0.15, 0.2) is 5.16 Å². The van der Waals surface area contributed by atoms with E-state index in [4.69, 9.17) is 11.1 Å². The largest absolute Gasteiger partial charge is 0.382 e. The molecule has 0 spiro atoms. The van der Waals surface area contributed by atoms with Gasteiger partial charge >= 0.3 is 0 Å². The van der Waals surface area contributed by atoms with Gasteiger partial charge in [0.05, 0.1) is 0 Å². The Morgan fingerprint density at radius 1 is 1.56 bits per heavy atom. The summed E-state index contributed by atoms with van der Waals surface area (Å²) in [6, 6.07) is 1.57. The number of nitrogens with one attached hydrogen (secondary N) is 1. The molecule has 0 fully saturated rings. The van der Waals surface area contributed by atoms with Gasteiger partial charge in [-0.2, -0.15) is 0 Å². The van der Waals surface area contributed by atoms with E-state index < -0.39 is 0 Å². The number of aromatic nitrogens is 6. The Balaban J connectivity index is 2.25. The molecule has 8 nitrogen and oxygen atoms in total. The third-order valence-electron chi connectivity index (χ3n) is 1.67. The van der Waals surface area contributed by atoms with E-state index in [2.05, 4.69) is 25.5 Å². The molecule has 0 atom stereocenters. The number of nitrogens with zero attached hydrogens (tertiary/aromatic N) is 6. The van der Waals surface area contributed by atoms with Gasteiger partial charge in [-0.25, -0.2) is 14.6 Å². The fourth-order valence-electron chi connectivity index (χ4n) is 0.929. The summed E-state index contributed by atoms with van der Waals surface area (Å²) >= 11 is 1.20. The molecular formula is C7H8N8S. The summed E-state index contributed by atoms with van der Waals surface area (Å²) in [5.74, 6) is -0.0969. The van der Waals surface area contributed by atoms with Gasteiger partial charge in [-0.15, -0.1) is 5.10 Å². The molecule has 0 bridgehead atoms. The molecule has 0 unspecified atom stereocenters. The third kappa shape index (κ3) is 2.14. The molecule has 0 saturated carbocycles. The lowest BCUT2D eigenvalue weighted by Gasteiger charge is -2.00. The van der Waals surface area contributed by atoms with Crippen molar-refractivity contribution in [3.05, 3.63) is 18.0 Å². The maximum Gasteiger partial charge on any atom is 0.216 e. The zero-order valence-electron chi connectivity index (χ0n) is 8.32. The number of tetrazole rings is 1. The third-order valence-corrected chi connectivity index (χ3v) is 2.58. The highest BCUT2D eigenvalue weighted by atomic mass is 32.2. The molecule has 0 aliphatic carbocycles. The molecule has 2 aromatic rings. The quantitative estimate of drug-likeness (QED) is 0.416. The molecule has 3 N–H and O–H groups in total. The lowest BCUT2D eigenvalue weighted by molar-refractivity contribution is 0.663. The Hall–Kier alpha value is -2.03. The summed E-state index contributed by atoms with van der Waals surface area (Å²) in [4.78, 5) is 8.11. The Kier molecular flexibility index (Phi) is 2.77. The monoisotopic (exact) mass is 236 g/mol. The van der Waals surface area contributed by atoms with Gasteiger partial charge in [0.2, 0.25) is 5.16 Å². The van der Waals surface area contributed by atoms with E-state index in [0.29, 0.717) is 16.0 Å². The van der Waals surface area contributed by atoms with E-state index >= 15 is 0 Å². The van der Waals surface area contributed by atoms with Crippen LogP contribution in [0.25, 0.3) is 0 Å². The van der Waals surface area contributed by atoms with Gasteiger partial charge in [0, 0.05) is 13.2 Å². The summed E-state index contributed by atoms with van der Waals surface area (Å²) in [6.07, 6.45) is 1.54. The molecule has 16 heavy (non-hydrogen) atoms. The van der Waals surface area contributed by atoms with Gasteiger partial charge in [0.25, 0.3) is 0 Å². The highest BCUT2D eigenvalue weighted by molar-refractivity contribution is 7.99. The molecule has 0 aromatic carbocycles. The van der Waals surface area contributed by atoms with E-state index in [9.17, 15) is 0 Å². The molecule has 0 aliphatic heterocycles. The van der Waals surface area contributed by atoms with Crippen LogP contribution in [0.15, 0.2) is 22.6 Å². The summed E-state index contributed by atoms with van der Waals surface area (Å²) < 4.78 is 1.51. The highest BCUT2D eigenvalue weighted by Crippen LogP contribution is 2.20. The normalized spacial score (nSPS) is 10.3. The lowest BCUT2D eigenvalue weighted by Crippen LogP contribution is -2.13. The first-order valence-electron chi connectivity index (χ1n) is 4.24. The minimum atomic E-state index is -0.0969. The number of aryl methyl sites for hydroxylation is 1. The standard InChI is InChI=1S/C7H8N8S/c1-15-7(12-13-14-15)16-6-10-3-2-4(11-6)5(8)9/h2-3H,1H3,(H3,8,9). The van der Waals surface area contributed by atoms with Crippen molar-refractivity contribution in [2.45, 2.75) is 10.3 Å². The van der Waals surface area contributed by atoms with Crippen molar-refractivity contribution in [1.29, 1.82) is 5.41 Å². The number of nitrogens with two attached hydrogens (primary N) is 1. The number of amidine groups is 1. The Morgan fingerprint density at radius 3 is 3.00 bits per heavy atom. The van der Waals surface area contributed by atoms with Gasteiger partial charge in [0.1, 0.15) is 11.5 Å². The number of hydrogen-bond donors (Lipinski definition) is 2. The van der Waals surface area contributed by atoms with Crippen molar-refractivity contribution in [3.63, 3.8) is 0 Å². The summed E-state index contributed by atoms with van der Waals surface area (Å²) in [5.41, 5.74) is 5.71. The van der Waals surface area contributed by atoms with Crippen LogP contribution in [0.1, 0.15) is 5.69 Å². The second kappa shape index (κ2) is 4.23. The SMILES string of the molecule is Cn1nnnc1Sc1nccc(C(=N)N)n1. The van der Waals surface area contributed by atoms with E-state index in [0.717, 1.165) is 0 Å². The second-order valence-corrected chi connectivity index (χ2v) is 3.76. The molecular weight excluding hydrogens is 228 g/mol. The highest BCUT2D eigenvalue weighted by Gasteiger charge is 2.08. The van der Waals surface area contributed by atoms with E-state index in [1.54, 1.807) is 13.1 Å². The van der Waals surface area contributed by atoms with Crippen LogP contribution in [0.3, 0.4) is 0 Å². The van der Waals surface area contributed by atoms with Gasteiger partial charge in [-0.1, -0.05) is 0 Å². The minimum Gasteiger partial charge on any atom is -0.382 e. The van der Waals surface area contributed by atoms with E-state index in [1.165, 1.54) is 22.6 Å². The average Bonchev–Trinajstić information content (AvgIpc) is 2.65. The number of nitrogen functional groups attached to an aromatic ring is 1. The molecule has 2 heterocycles. The van der Waals surface area contributed by atoms with Crippen LogP contribution >= 0.6 is 11.8 Å². The Bertz CT molecular complexity index is 521. The second-order valence-electron chi connectivity index (χ2n) is 2.83. The maximum atomic E-state index is 7.26. The first-order valence-corrected chi connectivity index (χ1v) is 5.06. The predicted molar refractivity (Wildman–Crippen MR) is 56.0 cm³/mol. The lowest BCUT2D eigenvalue weighted by atomic mass is 10.4. The summed E-state index contributed by atoms with van der Waals surface area (Å²) in [6.45, 7) is 0. The molecule has 0 radical (unpaired) electrons. The summed E-state index contributed by atoms with van der Waals surface area (Å²) in [7, 11) is 1.72. The topological polar surface area (TPSA) is 119 Å². The molecule has 9 heteroatoms. The molecule has 2 aromatic heterocycles. The van der Waals surface area contributed by atoms with Crippen LogP contribution in [-0.2, 0) is 7.05 Å². The number of hydrogen-bond acceptors (Lipinski definition) is 7. The molecule has 0 saturated heterocycles. The van der Waals surface area contributed by atoms with Crippen molar-refractivity contribution in [1.82, 2.24) is 30.2 Å². The van der Waals surface area contributed by atoms with Crippen molar-refractivity contribution in [3.8, 4) is 0 Å². The molecule has 2 rings (SSSR count). The smallest absolute Gasteiger partial charge is 0.216 e. The zero-order chi connectivity index (χ0) is 11.5. The van der Waals surface area contributed by atoms with Crippen LogP contribution in [0.2, 0.25) is 0 Å². The van der Waals surface area contributed by atoms with Crippen LogP contribution in [0.5, 0.6) is 0 Å². The van der Waals surface area contributed by atoms with Crippen LogP contribution in [0.4, 0.5) is 0 Å². The number of rotatable bonds is 3. The molecule has 0 aliphatic rings. The first-order chi connectivity index (χ1) is 7.66. The zero-order valence-corrected chi connectivity index (χ0v) is 9.14. The predicted octanol–water partition coefficient (Wildman–Crippen LogP) is -0.565. The van der Waals surface area contributed by atoms with E-state index in [-0.39, 0.29) is 5.84 Å². The maximum absolute atomic E-state index is 7.26. The van der Waals surface area contributed by atoms with Gasteiger partial charge < -0.3 is 5.73 Å². The fourth-order valence-corrected chi connectivity index (χ4v) is 1.60. The van der Waals surface area contributed by atoms with Crippen molar-refractivity contribution < 1.29 is 0 Å². The van der Waals surface area contributed by atoms with Crippen LogP contribution in [-0.4, -0.2) is 36.0 Å². The Labute approximate surface area is 94.8 Å². The molecule has 0 amide bonds. The van der Waals surface area contributed by atoms with Crippen molar-refractivity contribution in [2.75, 3.05) is 0 Å². The Morgan fingerprint density at radius 2 is 2.38 bits per heavy atom. The summed E-state index contributed by atoms with van der Waals surface area (Å²) in [5, 5.41) is 19.2. The van der Waals surface area contributed by atoms with Gasteiger partial charge in [-0.05, 0) is 28.3 Å². The van der Waals surface area contributed by atoms with Crippen molar-refractivity contribution >= 4 is 17.6 Å². The molecule has 82 valence electrons. The van der Waals surface area contributed by atoms with Crippen LogP contribution in [0, 0.1) is 5.41 Å². The fraction of sp³-hybridized carbons (Fsp3) is 0.143. The first kappa shape index (κ1) is 10.5.